The second-order valence-corrected chi connectivity index (χ2v) is 8.33. The molecule has 0 radical (unpaired) electrons. The fraction of sp³-hybridized carbons (Fsp3) is 0.381. The molecule has 3 heterocycles. The third-order valence-corrected chi connectivity index (χ3v) is 6.33. The number of methoxy groups -OCH3 is 1. The molecule has 0 N–H and O–H groups in total. The third kappa shape index (κ3) is 2.92. The fourth-order valence-electron chi connectivity index (χ4n) is 4.06. The molecule has 4 rings (SSSR count). The van der Waals surface area contributed by atoms with Crippen LogP contribution in [-0.4, -0.2) is 22.6 Å². The number of hydrogen-bond acceptors (Lipinski definition) is 5. The molecule has 0 saturated carbocycles. The Balaban J connectivity index is 1.88. The summed E-state index contributed by atoms with van der Waals surface area (Å²) < 4.78 is 7.15. The van der Waals surface area contributed by atoms with Crippen molar-refractivity contribution >= 4 is 28.2 Å². The quantitative estimate of drug-likeness (QED) is 0.603. The van der Waals surface area contributed by atoms with Crippen LogP contribution in [0.2, 0.25) is 0 Å². The Labute approximate surface area is 162 Å². The first-order valence-electron chi connectivity index (χ1n) is 9.16. The number of esters is 1. The first-order valence-corrected chi connectivity index (χ1v) is 9.97. The van der Waals surface area contributed by atoms with Gasteiger partial charge in [0.15, 0.2) is 0 Å². The van der Waals surface area contributed by atoms with E-state index in [0.717, 1.165) is 34.3 Å². The lowest BCUT2D eigenvalue weighted by molar-refractivity contribution is 0.0606. The smallest absolute Gasteiger partial charge is 0.349 e. The topological polar surface area (TPSA) is 67.9 Å². The van der Waals surface area contributed by atoms with Crippen molar-refractivity contribution in [3.8, 4) is 16.6 Å². The van der Waals surface area contributed by atoms with Gasteiger partial charge >= 0.3 is 5.97 Å². The van der Waals surface area contributed by atoms with Gasteiger partial charge in [0.2, 0.25) is 0 Å². The largest absolute Gasteiger partial charge is 0.465 e. The number of ether oxygens (including phenoxy) is 1. The number of thiazole rings is 1. The van der Waals surface area contributed by atoms with Crippen LogP contribution in [0, 0.1) is 17.2 Å². The standard InChI is InChI=1S/C21H21N3O2S/c1-12(2)17-6-4-5-16-9-13-7-14(8-15(10-22)19(13)24(16)17)20-23-11-18(27-20)21(25)26-3/h7-9,11-12,17H,4-6H2,1-3H3. The van der Waals surface area contributed by atoms with Crippen molar-refractivity contribution in [2.45, 2.75) is 39.2 Å². The van der Waals surface area contributed by atoms with Gasteiger partial charge in [-0.1, -0.05) is 13.8 Å². The Bertz CT molecular complexity index is 1070. The lowest BCUT2D eigenvalue weighted by atomic mass is 9.94. The van der Waals surface area contributed by atoms with Crippen molar-refractivity contribution in [1.29, 1.82) is 5.26 Å². The molecule has 0 aliphatic carbocycles. The van der Waals surface area contributed by atoms with E-state index in [4.69, 9.17) is 4.74 Å². The second kappa shape index (κ2) is 6.82. The monoisotopic (exact) mass is 379 g/mol. The van der Waals surface area contributed by atoms with Crippen LogP contribution < -0.4 is 0 Å². The van der Waals surface area contributed by atoms with Crippen molar-refractivity contribution < 1.29 is 9.53 Å². The van der Waals surface area contributed by atoms with Crippen molar-refractivity contribution in [2.24, 2.45) is 5.92 Å². The summed E-state index contributed by atoms with van der Waals surface area (Å²) in [5, 5.41) is 11.6. The van der Waals surface area contributed by atoms with Crippen LogP contribution in [0.5, 0.6) is 0 Å². The molecule has 0 fully saturated rings. The number of aromatic nitrogens is 2. The van der Waals surface area contributed by atoms with E-state index in [0.29, 0.717) is 22.4 Å². The molecule has 27 heavy (non-hydrogen) atoms. The molecule has 138 valence electrons. The average molecular weight is 379 g/mol. The fourth-order valence-corrected chi connectivity index (χ4v) is 4.89. The summed E-state index contributed by atoms with van der Waals surface area (Å²) in [5.74, 6) is 0.131. The second-order valence-electron chi connectivity index (χ2n) is 7.30. The van der Waals surface area contributed by atoms with Crippen LogP contribution in [0.4, 0.5) is 0 Å². The molecule has 1 unspecified atom stereocenters. The zero-order valence-electron chi connectivity index (χ0n) is 15.7. The highest BCUT2D eigenvalue weighted by Gasteiger charge is 2.26. The minimum atomic E-state index is -0.389. The van der Waals surface area contributed by atoms with Gasteiger partial charge in [0.05, 0.1) is 24.4 Å². The predicted molar refractivity (Wildman–Crippen MR) is 106 cm³/mol. The zero-order valence-corrected chi connectivity index (χ0v) is 16.5. The van der Waals surface area contributed by atoms with Crippen LogP contribution in [0.15, 0.2) is 24.4 Å². The highest BCUT2D eigenvalue weighted by molar-refractivity contribution is 7.16. The number of benzene rings is 1. The molecule has 1 atom stereocenters. The van der Waals surface area contributed by atoms with Crippen LogP contribution in [0.3, 0.4) is 0 Å². The van der Waals surface area contributed by atoms with Gasteiger partial charge in [0.1, 0.15) is 16.0 Å². The number of aryl methyl sites for hydroxylation is 1. The molecule has 5 nitrogen and oxygen atoms in total. The molecule has 2 aromatic heterocycles. The maximum Gasteiger partial charge on any atom is 0.349 e. The van der Waals surface area contributed by atoms with Crippen molar-refractivity contribution in [3.63, 3.8) is 0 Å². The van der Waals surface area contributed by atoms with E-state index in [1.807, 2.05) is 6.07 Å². The van der Waals surface area contributed by atoms with Gasteiger partial charge in [-0.25, -0.2) is 9.78 Å². The first kappa shape index (κ1) is 17.7. The Morgan fingerprint density at radius 3 is 2.93 bits per heavy atom. The van der Waals surface area contributed by atoms with E-state index in [2.05, 4.69) is 41.6 Å². The minimum absolute atomic E-state index is 0.389. The van der Waals surface area contributed by atoms with E-state index in [-0.39, 0.29) is 5.97 Å². The molecule has 0 amide bonds. The highest BCUT2D eigenvalue weighted by Crippen LogP contribution is 2.39. The summed E-state index contributed by atoms with van der Waals surface area (Å²) >= 11 is 1.28. The van der Waals surface area contributed by atoms with Crippen molar-refractivity contribution in [3.05, 3.63) is 40.5 Å². The molecule has 3 aromatic rings. The molecule has 1 aliphatic rings. The van der Waals surface area contributed by atoms with Gasteiger partial charge in [-0.2, -0.15) is 5.26 Å². The van der Waals surface area contributed by atoms with Crippen LogP contribution >= 0.6 is 11.3 Å². The van der Waals surface area contributed by atoms with E-state index in [9.17, 15) is 10.1 Å². The summed E-state index contributed by atoms with van der Waals surface area (Å²) in [5.41, 5.74) is 3.86. The van der Waals surface area contributed by atoms with Gasteiger partial charge < -0.3 is 9.30 Å². The zero-order chi connectivity index (χ0) is 19.1. The number of fused-ring (bicyclic) bond motifs is 3. The van der Waals surface area contributed by atoms with Gasteiger partial charge in [-0.15, -0.1) is 11.3 Å². The Kier molecular flexibility index (Phi) is 4.48. The number of hydrogen-bond donors (Lipinski definition) is 0. The average Bonchev–Trinajstić information content (AvgIpc) is 3.30. The maximum atomic E-state index is 11.7. The Hall–Kier alpha value is -2.65. The Morgan fingerprint density at radius 1 is 1.41 bits per heavy atom. The SMILES string of the molecule is COC(=O)c1cnc(-c2cc(C#N)c3c(c2)cc2n3C(C(C)C)CCC2)s1. The maximum absolute atomic E-state index is 11.7. The number of nitrogens with zero attached hydrogens (tertiary/aromatic N) is 3. The van der Waals surface area contributed by atoms with Crippen molar-refractivity contribution in [2.75, 3.05) is 7.11 Å². The summed E-state index contributed by atoms with van der Waals surface area (Å²) in [6, 6.07) is 8.99. The number of carbonyl (C=O) groups excluding carboxylic acids is 1. The van der Waals surface area contributed by atoms with E-state index in [1.165, 1.54) is 36.8 Å². The third-order valence-electron chi connectivity index (χ3n) is 5.31. The number of carbonyl (C=O) groups is 1. The van der Waals surface area contributed by atoms with Crippen LogP contribution in [0.1, 0.15) is 53.7 Å². The molecule has 0 spiro atoms. The van der Waals surface area contributed by atoms with Gasteiger partial charge in [-0.05, 0) is 43.4 Å². The predicted octanol–water partition coefficient (Wildman–Crippen LogP) is 4.96. The number of rotatable bonds is 3. The molecular formula is C21H21N3O2S. The summed E-state index contributed by atoms with van der Waals surface area (Å²) in [6.07, 6.45) is 4.91. The van der Waals surface area contributed by atoms with Crippen LogP contribution in [-0.2, 0) is 11.2 Å². The van der Waals surface area contributed by atoms with Gasteiger partial charge in [0, 0.05) is 22.7 Å². The summed E-state index contributed by atoms with van der Waals surface area (Å²) in [4.78, 5) is 16.5. The normalized spacial score (nSPS) is 16.3. The molecule has 0 saturated heterocycles. The lowest BCUT2D eigenvalue weighted by Crippen LogP contribution is -2.21. The van der Waals surface area contributed by atoms with Gasteiger partial charge in [-0.3, -0.25) is 0 Å². The molecular weight excluding hydrogens is 358 g/mol. The molecule has 1 aliphatic heterocycles. The molecule has 0 bridgehead atoms. The number of nitriles is 1. The van der Waals surface area contributed by atoms with Gasteiger partial charge in [0.25, 0.3) is 0 Å². The summed E-state index contributed by atoms with van der Waals surface area (Å²) in [6.45, 7) is 4.49. The molecule has 1 aromatic carbocycles. The van der Waals surface area contributed by atoms with Crippen molar-refractivity contribution in [1.82, 2.24) is 9.55 Å². The lowest BCUT2D eigenvalue weighted by Gasteiger charge is -2.30. The highest BCUT2D eigenvalue weighted by atomic mass is 32.1. The van der Waals surface area contributed by atoms with E-state index >= 15 is 0 Å². The molecule has 6 heteroatoms. The Morgan fingerprint density at radius 2 is 2.22 bits per heavy atom. The van der Waals surface area contributed by atoms with E-state index in [1.54, 1.807) is 0 Å². The van der Waals surface area contributed by atoms with Crippen LogP contribution in [0.25, 0.3) is 21.5 Å². The first-order chi connectivity index (χ1) is 13.0. The van der Waals surface area contributed by atoms with E-state index < -0.39 is 0 Å². The summed E-state index contributed by atoms with van der Waals surface area (Å²) in [7, 11) is 1.36. The minimum Gasteiger partial charge on any atom is -0.465 e.